The Bertz CT molecular complexity index is 480. The molecule has 1 amide bonds. The van der Waals surface area contributed by atoms with Crippen LogP contribution in [0.15, 0.2) is 24.3 Å². The molecule has 1 aromatic carbocycles. The molecule has 4 heteroatoms. The summed E-state index contributed by atoms with van der Waals surface area (Å²) in [7, 11) is 1.96. The zero-order valence-corrected chi connectivity index (χ0v) is 12.8. The summed E-state index contributed by atoms with van der Waals surface area (Å²) in [5.74, 6) is 0.0296. The molecule has 0 fully saturated rings. The summed E-state index contributed by atoms with van der Waals surface area (Å²) in [4.78, 5) is 14.2. The smallest absolute Gasteiger partial charge is 0.253 e. The maximum Gasteiger partial charge on any atom is 0.253 e. The molecule has 1 N–H and O–H groups in total. The van der Waals surface area contributed by atoms with Gasteiger partial charge in [0.25, 0.3) is 5.91 Å². The van der Waals surface area contributed by atoms with E-state index in [2.05, 4.69) is 11.4 Å². The van der Waals surface area contributed by atoms with Crippen LogP contribution in [0.3, 0.4) is 0 Å². The highest BCUT2D eigenvalue weighted by molar-refractivity contribution is 5.95. The maximum absolute atomic E-state index is 12.4. The van der Waals surface area contributed by atoms with Crippen LogP contribution in [0.4, 0.5) is 5.69 Å². The van der Waals surface area contributed by atoms with Gasteiger partial charge >= 0.3 is 0 Å². The molecule has 0 aromatic heterocycles. The number of amides is 1. The molecule has 0 bridgehead atoms. The van der Waals surface area contributed by atoms with Crippen molar-refractivity contribution in [3.05, 3.63) is 29.8 Å². The van der Waals surface area contributed by atoms with E-state index >= 15 is 0 Å². The Hall–Kier alpha value is -1.39. The van der Waals surface area contributed by atoms with Crippen LogP contribution in [-0.2, 0) is 9.53 Å². The fraction of sp³-hybridized carbons (Fsp3) is 0.562. The number of nitrogens with zero attached hydrogens (tertiary/aromatic N) is 1. The summed E-state index contributed by atoms with van der Waals surface area (Å²) in [5, 5.41) is 3.31. The van der Waals surface area contributed by atoms with E-state index < -0.39 is 0 Å². The van der Waals surface area contributed by atoms with Gasteiger partial charge in [0.05, 0.1) is 5.60 Å². The monoisotopic (exact) mass is 276 g/mol. The minimum absolute atomic E-state index is 0.0296. The van der Waals surface area contributed by atoms with Crippen LogP contribution in [-0.4, -0.2) is 31.7 Å². The third kappa shape index (κ3) is 3.38. The molecule has 110 valence electrons. The van der Waals surface area contributed by atoms with Gasteiger partial charge in [0, 0.05) is 18.3 Å². The van der Waals surface area contributed by atoms with E-state index in [9.17, 15) is 4.79 Å². The van der Waals surface area contributed by atoms with Crippen LogP contribution in [0.1, 0.15) is 38.8 Å². The number of para-hydroxylation sites is 1. The van der Waals surface area contributed by atoms with E-state index in [0.717, 1.165) is 18.7 Å². The largest absolute Gasteiger partial charge is 0.366 e. The Morgan fingerprint density at radius 2 is 2.10 bits per heavy atom. The lowest BCUT2D eigenvalue weighted by Gasteiger charge is -2.34. The molecule has 0 spiro atoms. The molecule has 1 aliphatic heterocycles. The van der Waals surface area contributed by atoms with Gasteiger partial charge in [-0.05, 0) is 45.9 Å². The SMILES string of the molecule is CNC1CCN(C(=O)COC(C)(C)C)c2ccccc21. The van der Waals surface area contributed by atoms with E-state index in [1.165, 1.54) is 5.56 Å². The average Bonchev–Trinajstić information content (AvgIpc) is 2.42. The van der Waals surface area contributed by atoms with Gasteiger partial charge in [-0.1, -0.05) is 18.2 Å². The van der Waals surface area contributed by atoms with E-state index in [1.54, 1.807) is 0 Å². The summed E-state index contributed by atoms with van der Waals surface area (Å²) in [6.07, 6.45) is 0.925. The topological polar surface area (TPSA) is 41.6 Å². The van der Waals surface area contributed by atoms with Gasteiger partial charge in [-0.25, -0.2) is 0 Å². The molecule has 0 aliphatic carbocycles. The molecule has 1 unspecified atom stereocenters. The highest BCUT2D eigenvalue weighted by atomic mass is 16.5. The molecule has 0 saturated heterocycles. The molecule has 1 atom stereocenters. The number of nitrogens with one attached hydrogen (secondary N) is 1. The summed E-state index contributed by atoms with van der Waals surface area (Å²) in [6, 6.07) is 8.40. The van der Waals surface area contributed by atoms with E-state index in [-0.39, 0.29) is 18.1 Å². The molecular formula is C16H24N2O2. The fourth-order valence-electron chi connectivity index (χ4n) is 2.48. The Balaban J connectivity index is 2.16. The van der Waals surface area contributed by atoms with Crippen LogP contribution < -0.4 is 10.2 Å². The number of hydrogen-bond acceptors (Lipinski definition) is 3. The van der Waals surface area contributed by atoms with Crippen molar-refractivity contribution in [1.82, 2.24) is 5.32 Å². The van der Waals surface area contributed by atoms with E-state index in [1.807, 2.05) is 50.9 Å². The van der Waals surface area contributed by atoms with Gasteiger partial charge in [-0.2, -0.15) is 0 Å². The van der Waals surface area contributed by atoms with E-state index in [0.29, 0.717) is 6.04 Å². The second kappa shape index (κ2) is 5.94. The number of anilines is 1. The first kappa shape index (κ1) is 15.0. The number of benzene rings is 1. The number of rotatable bonds is 3. The van der Waals surface area contributed by atoms with Gasteiger partial charge < -0.3 is 15.0 Å². The van der Waals surface area contributed by atoms with Crippen LogP contribution in [0, 0.1) is 0 Å². The van der Waals surface area contributed by atoms with Crippen molar-refractivity contribution in [3.63, 3.8) is 0 Å². The molecule has 20 heavy (non-hydrogen) atoms. The zero-order chi connectivity index (χ0) is 14.8. The number of carbonyl (C=O) groups is 1. The van der Waals surface area contributed by atoms with Gasteiger partial charge in [0.1, 0.15) is 6.61 Å². The van der Waals surface area contributed by atoms with Gasteiger partial charge in [-0.3, -0.25) is 4.79 Å². The molecule has 2 rings (SSSR count). The zero-order valence-electron chi connectivity index (χ0n) is 12.8. The standard InChI is InChI=1S/C16H24N2O2/c1-16(2,3)20-11-15(19)18-10-9-13(17-4)12-7-5-6-8-14(12)18/h5-8,13,17H,9-11H2,1-4H3. The highest BCUT2D eigenvalue weighted by Crippen LogP contribution is 2.33. The summed E-state index contributed by atoms with van der Waals surface area (Å²) in [6.45, 7) is 6.74. The highest BCUT2D eigenvalue weighted by Gasteiger charge is 2.28. The maximum atomic E-state index is 12.4. The number of carbonyl (C=O) groups excluding carboxylic acids is 1. The summed E-state index contributed by atoms with van der Waals surface area (Å²) in [5.41, 5.74) is 1.89. The second-order valence-corrected chi connectivity index (χ2v) is 6.14. The van der Waals surface area contributed by atoms with Crippen LogP contribution in [0.5, 0.6) is 0 Å². The Morgan fingerprint density at radius 1 is 1.40 bits per heavy atom. The van der Waals surface area contributed by atoms with Crippen molar-refractivity contribution >= 4 is 11.6 Å². The Kier molecular flexibility index (Phi) is 4.45. The van der Waals surface area contributed by atoms with E-state index in [4.69, 9.17) is 4.74 Å². The van der Waals surface area contributed by atoms with Crippen molar-refractivity contribution in [1.29, 1.82) is 0 Å². The van der Waals surface area contributed by atoms with Gasteiger partial charge in [0.2, 0.25) is 0 Å². The van der Waals surface area contributed by atoms with Gasteiger partial charge in [-0.15, -0.1) is 0 Å². The predicted molar refractivity (Wildman–Crippen MR) is 80.9 cm³/mol. The second-order valence-electron chi connectivity index (χ2n) is 6.14. The fourth-order valence-corrected chi connectivity index (χ4v) is 2.48. The first-order chi connectivity index (χ1) is 9.42. The van der Waals surface area contributed by atoms with Gasteiger partial charge in [0.15, 0.2) is 0 Å². The first-order valence-electron chi connectivity index (χ1n) is 7.13. The lowest BCUT2D eigenvalue weighted by molar-refractivity contribution is -0.128. The number of ether oxygens (including phenoxy) is 1. The summed E-state index contributed by atoms with van der Waals surface area (Å²) >= 11 is 0. The van der Waals surface area contributed by atoms with Crippen LogP contribution in [0.25, 0.3) is 0 Å². The number of fused-ring (bicyclic) bond motifs is 1. The quantitative estimate of drug-likeness (QED) is 0.922. The lowest BCUT2D eigenvalue weighted by Crippen LogP contribution is -2.42. The molecule has 1 aliphatic rings. The predicted octanol–water partition coefficient (Wildman–Crippen LogP) is 2.50. The average molecular weight is 276 g/mol. The summed E-state index contributed by atoms with van der Waals surface area (Å²) < 4.78 is 5.61. The van der Waals surface area contributed by atoms with Crippen LogP contribution >= 0.6 is 0 Å². The first-order valence-corrected chi connectivity index (χ1v) is 7.13. The Labute approximate surface area is 121 Å². The minimum Gasteiger partial charge on any atom is -0.366 e. The third-order valence-corrected chi connectivity index (χ3v) is 3.52. The molecule has 0 saturated carbocycles. The lowest BCUT2D eigenvalue weighted by atomic mass is 9.96. The minimum atomic E-state index is -0.293. The normalized spacial score (nSPS) is 18.8. The molecule has 4 nitrogen and oxygen atoms in total. The Morgan fingerprint density at radius 3 is 2.75 bits per heavy atom. The third-order valence-electron chi connectivity index (χ3n) is 3.52. The van der Waals surface area contributed by atoms with Crippen molar-refractivity contribution in [2.45, 2.75) is 38.8 Å². The molecule has 1 aromatic rings. The van der Waals surface area contributed by atoms with Crippen LogP contribution in [0.2, 0.25) is 0 Å². The number of hydrogen-bond donors (Lipinski definition) is 1. The molecular weight excluding hydrogens is 252 g/mol. The van der Waals surface area contributed by atoms with Crippen molar-refractivity contribution in [2.75, 3.05) is 25.1 Å². The molecule has 1 heterocycles. The molecule has 0 radical (unpaired) electrons. The van der Waals surface area contributed by atoms with Crippen molar-refractivity contribution in [2.24, 2.45) is 0 Å². The van der Waals surface area contributed by atoms with Crippen molar-refractivity contribution in [3.8, 4) is 0 Å². The van der Waals surface area contributed by atoms with Crippen molar-refractivity contribution < 1.29 is 9.53 Å².